The molecule has 0 aliphatic rings. The van der Waals surface area contributed by atoms with Crippen LogP contribution in [0.5, 0.6) is 11.5 Å². The Kier molecular flexibility index (Phi) is 5.20. The lowest BCUT2D eigenvalue weighted by Gasteiger charge is -2.11. The highest BCUT2D eigenvalue weighted by Gasteiger charge is 2.11. The molecule has 7 nitrogen and oxygen atoms in total. The maximum absolute atomic E-state index is 11.8. The van der Waals surface area contributed by atoms with Gasteiger partial charge in [0, 0.05) is 0 Å². The van der Waals surface area contributed by atoms with Crippen LogP contribution in [0, 0.1) is 0 Å². The van der Waals surface area contributed by atoms with Gasteiger partial charge in [0.1, 0.15) is 5.75 Å². The van der Waals surface area contributed by atoms with Crippen molar-refractivity contribution in [2.45, 2.75) is 5.16 Å². The number of imidazole rings is 1. The van der Waals surface area contributed by atoms with Crippen molar-refractivity contribution in [2.24, 2.45) is 5.10 Å². The second kappa shape index (κ2) is 7.71. The molecule has 0 unspecified atom stereocenters. The molecule has 128 valence electrons. The quantitative estimate of drug-likeness (QED) is 0.395. The molecule has 3 N–H and O–H groups in total. The predicted octanol–water partition coefficient (Wildman–Crippen LogP) is 1.31. The Hall–Kier alpha value is -3.00. The van der Waals surface area contributed by atoms with Gasteiger partial charge in [-0.05, 0) is 41.6 Å². The van der Waals surface area contributed by atoms with E-state index >= 15 is 0 Å². The van der Waals surface area contributed by atoms with Gasteiger partial charge in [-0.3, -0.25) is 4.79 Å². The minimum Gasteiger partial charge on any atom is -0.870 e. The van der Waals surface area contributed by atoms with Crippen molar-refractivity contribution in [1.29, 1.82) is 0 Å². The van der Waals surface area contributed by atoms with Gasteiger partial charge >= 0.3 is 5.16 Å². The Bertz CT molecular complexity index is 890. The fourth-order valence-electron chi connectivity index (χ4n) is 2.17. The van der Waals surface area contributed by atoms with Crippen LogP contribution in [0.25, 0.3) is 11.0 Å². The Morgan fingerprint density at radius 1 is 1.40 bits per heavy atom. The molecular formula is C17H16N4O3S. The first kappa shape index (κ1) is 16.8. The first-order chi connectivity index (χ1) is 12.2. The molecule has 0 aliphatic carbocycles. The van der Waals surface area contributed by atoms with E-state index < -0.39 is 0 Å². The number of carbonyl (C=O) groups is 1. The Morgan fingerprint density at radius 3 is 3.00 bits per heavy atom. The van der Waals surface area contributed by atoms with Crippen molar-refractivity contribution in [3.05, 3.63) is 48.0 Å². The highest BCUT2D eigenvalue weighted by molar-refractivity contribution is 7.99. The zero-order chi connectivity index (χ0) is 17.6. The molecule has 0 saturated heterocycles. The first-order valence-electron chi connectivity index (χ1n) is 7.45. The highest BCUT2D eigenvalue weighted by Crippen LogP contribution is 2.22. The predicted molar refractivity (Wildman–Crippen MR) is 93.8 cm³/mol. The molecule has 0 fully saturated rings. The molecule has 2 aromatic carbocycles. The fourth-order valence-corrected chi connectivity index (χ4v) is 2.88. The molecule has 0 spiro atoms. The fraction of sp³-hybridized carbons (Fsp3) is 0.118. The number of thioether (sulfide) groups is 1. The van der Waals surface area contributed by atoms with E-state index in [1.165, 1.54) is 31.2 Å². The summed E-state index contributed by atoms with van der Waals surface area (Å²) >= 11 is 1.34. The lowest BCUT2D eigenvalue weighted by atomic mass is 10.2. The van der Waals surface area contributed by atoms with Crippen LogP contribution < -0.4 is 20.3 Å². The minimum atomic E-state index is -0.246. The number of methoxy groups -OCH3 is 1. The van der Waals surface area contributed by atoms with Crippen molar-refractivity contribution < 1.29 is 19.6 Å². The molecule has 8 heteroatoms. The van der Waals surface area contributed by atoms with Crippen LogP contribution in [-0.2, 0) is 4.79 Å². The third kappa shape index (κ3) is 4.30. The third-order valence-electron chi connectivity index (χ3n) is 3.36. The number of hydrogen-bond donors (Lipinski definition) is 2. The van der Waals surface area contributed by atoms with E-state index in [-0.39, 0.29) is 23.2 Å². The lowest BCUT2D eigenvalue weighted by Crippen LogP contribution is -2.20. The van der Waals surface area contributed by atoms with E-state index in [9.17, 15) is 9.90 Å². The number of carbonyl (C=O) groups excluding carboxylic acids is 1. The average Bonchev–Trinajstić information content (AvgIpc) is 3.03. The second-order valence-electron chi connectivity index (χ2n) is 5.12. The molecular weight excluding hydrogens is 340 g/mol. The number of fused-ring (bicyclic) bond motifs is 1. The summed E-state index contributed by atoms with van der Waals surface area (Å²) < 4.78 is 4.90. The summed E-state index contributed by atoms with van der Waals surface area (Å²) in [6.45, 7) is 0. The number of ether oxygens (including phenoxy) is 1. The van der Waals surface area contributed by atoms with Gasteiger partial charge in [-0.2, -0.15) is 5.10 Å². The number of rotatable bonds is 6. The molecule has 1 amide bonds. The van der Waals surface area contributed by atoms with Crippen LogP contribution in [0.15, 0.2) is 52.7 Å². The number of aromatic amines is 2. The SMILES string of the molecule is COc1ccc(C=NNC(=O)CSc2[nH]c3ccccc3[nH+]2)cc1[O-]. The van der Waals surface area contributed by atoms with Gasteiger partial charge in [0.15, 0.2) is 11.0 Å². The number of para-hydroxylation sites is 2. The summed E-state index contributed by atoms with van der Waals surface area (Å²) in [5, 5.41) is 16.3. The number of hydrogen-bond acceptors (Lipinski definition) is 5. The Morgan fingerprint density at radius 2 is 2.24 bits per heavy atom. The lowest BCUT2D eigenvalue weighted by molar-refractivity contribution is -0.396. The molecule has 0 aliphatic heterocycles. The van der Waals surface area contributed by atoms with E-state index in [1.54, 1.807) is 12.1 Å². The first-order valence-corrected chi connectivity index (χ1v) is 8.44. The van der Waals surface area contributed by atoms with E-state index in [2.05, 4.69) is 20.5 Å². The standard InChI is InChI=1S/C17H16N4O3S/c1-24-15-7-6-11(8-14(15)22)9-18-21-16(23)10-25-17-19-12-4-2-3-5-13(12)20-17/h2-9,22H,10H2,1H3,(H,19,20)(H,21,23). The van der Waals surface area contributed by atoms with Crippen LogP contribution in [0.2, 0.25) is 0 Å². The molecule has 1 heterocycles. The van der Waals surface area contributed by atoms with Crippen LogP contribution in [0.1, 0.15) is 5.56 Å². The normalized spacial score (nSPS) is 11.1. The van der Waals surface area contributed by atoms with Gasteiger partial charge in [-0.1, -0.05) is 23.9 Å². The van der Waals surface area contributed by atoms with Crippen molar-refractivity contribution in [3.8, 4) is 11.5 Å². The summed E-state index contributed by atoms with van der Waals surface area (Å²) in [5.41, 5.74) is 4.98. The molecule has 0 bridgehead atoms. The highest BCUT2D eigenvalue weighted by atomic mass is 32.2. The molecule has 3 rings (SSSR count). The number of aromatic nitrogens is 2. The number of benzene rings is 2. The van der Waals surface area contributed by atoms with Crippen molar-refractivity contribution in [2.75, 3.05) is 12.9 Å². The molecule has 0 saturated carbocycles. The van der Waals surface area contributed by atoms with Gasteiger partial charge in [-0.25, -0.2) is 15.4 Å². The number of amides is 1. The van der Waals surface area contributed by atoms with E-state index in [4.69, 9.17) is 4.74 Å². The molecule has 0 radical (unpaired) electrons. The van der Waals surface area contributed by atoms with Gasteiger partial charge in [0.25, 0.3) is 5.91 Å². The average molecular weight is 356 g/mol. The number of nitrogens with zero attached hydrogens (tertiary/aromatic N) is 1. The van der Waals surface area contributed by atoms with Crippen LogP contribution in [-0.4, -0.2) is 30.0 Å². The smallest absolute Gasteiger partial charge is 0.315 e. The van der Waals surface area contributed by atoms with E-state index in [0.29, 0.717) is 5.56 Å². The summed E-state index contributed by atoms with van der Waals surface area (Å²) in [5.74, 6) is -0.00480. The van der Waals surface area contributed by atoms with Crippen LogP contribution in [0.4, 0.5) is 0 Å². The summed E-state index contributed by atoms with van der Waals surface area (Å²) in [7, 11) is 1.44. The van der Waals surface area contributed by atoms with Crippen LogP contribution >= 0.6 is 11.8 Å². The largest absolute Gasteiger partial charge is 0.870 e. The number of H-pyrrole nitrogens is 2. The van der Waals surface area contributed by atoms with Crippen molar-refractivity contribution >= 4 is 34.9 Å². The Balaban J connectivity index is 1.51. The summed E-state index contributed by atoms with van der Waals surface area (Å²) in [6, 6.07) is 12.4. The minimum absolute atomic E-state index is 0.204. The van der Waals surface area contributed by atoms with Gasteiger partial charge < -0.3 is 9.84 Å². The van der Waals surface area contributed by atoms with Crippen LogP contribution in [0.3, 0.4) is 0 Å². The van der Waals surface area contributed by atoms with E-state index in [0.717, 1.165) is 16.2 Å². The zero-order valence-electron chi connectivity index (χ0n) is 13.4. The molecule has 25 heavy (non-hydrogen) atoms. The molecule has 3 aromatic rings. The second-order valence-corrected chi connectivity index (χ2v) is 6.10. The topological polar surface area (TPSA) is 104 Å². The molecule has 0 atom stereocenters. The van der Waals surface area contributed by atoms with Crippen molar-refractivity contribution in [3.63, 3.8) is 0 Å². The van der Waals surface area contributed by atoms with Gasteiger partial charge in [0.2, 0.25) is 0 Å². The summed E-state index contributed by atoms with van der Waals surface area (Å²) in [6.07, 6.45) is 1.42. The maximum Gasteiger partial charge on any atom is 0.315 e. The Labute approximate surface area is 148 Å². The van der Waals surface area contributed by atoms with Gasteiger partial charge in [0.05, 0.1) is 19.1 Å². The number of nitrogens with one attached hydrogen (secondary N) is 3. The summed E-state index contributed by atoms with van der Waals surface area (Å²) in [4.78, 5) is 18.2. The molecule has 1 aromatic heterocycles. The zero-order valence-corrected chi connectivity index (χ0v) is 14.2. The number of hydrazone groups is 1. The van der Waals surface area contributed by atoms with Gasteiger partial charge in [-0.15, -0.1) is 0 Å². The maximum atomic E-state index is 11.8. The van der Waals surface area contributed by atoms with Crippen molar-refractivity contribution in [1.82, 2.24) is 10.4 Å². The third-order valence-corrected chi connectivity index (χ3v) is 4.26. The van der Waals surface area contributed by atoms with E-state index in [1.807, 2.05) is 24.3 Å². The monoisotopic (exact) mass is 356 g/mol.